The highest BCUT2D eigenvalue weighted by atomic mass is 16.5. The summed E-state index contributed by atoms with van der Waals surface area (Å²) in [5, 5.41) is 0. The average molecular weight is 314 g/mol. The van der Waals surface area contributed by atoms with Crippen molar-refractivity contribution < 1.29 is 9.53 Å². The molecule has 0 spiro atoms. The average Bonchev–Trinajstić information content (AvgIpc) is 3.22. The highest BCUT2D eigenvalue weighted by molar-refractivity contribution is 5.79. The quantitative estimate of drug-likeness (QED) is 0.734. The van der Waals surface area contributed by atoms with Crippen molar-refractivity contribution in [1.29, 1.82) is 0 Å². The highest BCUT2D eigenvalue weighted by Gasteiger charge is 2.57. The lowest BCUT2D eigenvalue weighted by molar-refractivity contribution is -0.158. The first-order valence-corrected chi connectivity index (χ1v) is 9.18. The molecule has 2 heteroatoms. The van der Waals surface area contributed by atoms with Gasteiger partial charge in [-0.1, -0.05) is 64.4 Å². The van der Waals surface area contributed by atoms with Crippen LogP contribution in [0.25, 0.3) is 0 Å². The third kappa shape index (κ3) is 3.32. The Morgan fingerprint density at radius 1 is 1.22 bits per heavy atom. The molecule has 0 amide bonds. The van der Waals surface area contributed by atoms with Crippen LogP contribution in [0.15, 0.2) is 30.3 Å². The molecule has 0 aliphatic heterocycles. The first-order chi connectivity index (χ1) is 10.9. The Bertz CT molecular complexity index is 550. The standard InChI is InChI=1S/C21H30O2/c1-14(2)17-11-10-15(3)12-19(17)23-20(22)18-13-21(18,4)16-8-6-5-7-9-16/h5-9,14-15,17-19H,10-13H2,1-4H3/t15-,17+,18-,19-,21+/m1/s1. The zero-order valence-corrected chi connectivity index (χ0v) is 14.9. The lowest BCUT2D eigenvalue weighted by Crippen LogP contribution is -2.36. The minimum absolute atomic E-state index is 0.0219. The summed E-state index contributed by atoms with van der Waals surface area (Å²) in [5.41, 5.74) is 1.24. The monoisotopic (exact) mass is 314 g/mol. The van der Waals surface area contributed by atoms with E-state index in [4.69, 9.17) is 4.74 Å². The summed E-state index contributed by atoms with van der Waals surface area (Å²) in [6.07, 6.45) is 4.53. The van der Waals surface area contributed by atoms with E-state index in [0.717, 1.165) is 12.8 Å². The van der Waals surface area contributed by atoms with Crippen molar-refractivity contribution >= 4 is 5.97 Å². The highest BCUT2D eigenvalue weighted by Crippen LogP contribution is 2.54. The fourth-order valence-corrected chi connectivity index (χ4v) is 4.33. The zero-order chi connectivity index (χ0) is 16.6. The molecule has 0 heterocycles. The van der Waals surface area contributed by atoms with Crippen LogP contribution in [0, 0.1) is 23.7 Å². The summed E-state index contributed by atoms with van der Waals surface area (Å²) in [7, 11) is 0. The smallest absolute Gasteiger partial charge is 0.310 e. The molecule has 0 bridgehead atoms. The lowest BCUT2D eigenvalue weighted by atomic mass is 9.75. The summed E-state index contributed by atoms with van der Waals surface area (Å²) in [4.78, 5) is 12.7. The van der Waals surface area contributed by atoms with Crippen molar-refractivity contribution in [3.63, 3.8) is 0 Å². The second-order valence-electron chi connectivity index (χ2n) is 8.34. The van der Waals surface area contributed by atoms with Gasteiger partial charge in [-0.3, -0.25) is 4.79 Å². The molecule has 0 unspecified atom stereocenters. The van der Waals surface area contributed by atoms with Crippen LogP contribution in [0.5, 0.6) is 0 Å². The Kier molecular flexibility index (Phi) is 4.53. The molecular weight excluding hydrogens is 284 g/mol. The third-order valence-electron chi connectivity index (χ3n) is 6.18. The van der Waals surface area contributed by atoms with E-state index in [1.54, 1.807) is 0 Å². The topological polar surface area (TPSA) is 26.3 Å². The normalized spacial score (nSPS) is 36.7. The third-order valence-corrected chi connectivity index (χ3v) is 6.18. The van der Waals surface area contributed by atoms with Gasteiger partial charge in [-0.05, 0) is 42.6 Å². The maximum Gasteiger partial charge on any atom is 0.310 e. The van der Waals surface area contributed by atoms with Crippen LogP contribution in [-0.4, -0.2) is 12.1 Å². The number of hydrogen-bond donors (Lipinski definition) is 0. The number of esters is 1. The van der Waals surface area contributed by atoms with Gasteiger partial charge in [0.2, 0.25) is 0 Å². The van der Waals surface area contributed by atoms with Gasteiger partial charge >= 0.3 is 5.97 Å². The predicted molar refractivity (Wildman–Crippen MR) is 93.1 cm³/mol. The summed E-state index contributed by atoms with van der Waals surface area (Å²) in [6, 6.07) is 10.4. The van der Waals surface area contributed by atoms with Crippen LogP contribution in [0.2, 0.25) is 0 Å². The van der Waals surface area contributed by atoms with Gasteiger partial charge in [-0.2, -0.15) is 0 Å². The van der Waals surface area contributed by atoms with E-state index in [0.29, 0.717) is 17.8 Å². The summed E-state index contributed by atoms with van der Waals surface area (Å²) in [6.45, 7) is 8.99. The SMILES string of the molecule is CC(C)[C@@H]1CC[C@@H](C)C[C@H]1OC(=O)[C@H]1C[C@@]1(C)c1ccccc1. The first kappa shape index (κ1) is 16.5. The van der Waals surface area contributed by atoms with Crippen LogP contribution in [0.1, 0.15) is 58.9 Å². The molecule has 3 rings (SSSR count). The molecule has 0 saturated heterocycles. The molecule has 0 aromatic heterocycles. The Morgan fingerprint density at radius 2 is 1.91 bits per heavy atom. The second-order valence-corrected chi connectivity index (χ2v) is 8.34. The van der Waals surface area contributed by atoms with Crippen molar-refractivity contribution in [1.82, 2.24) is 0 Å². The van der Waals surface area contributed by atoms with E-state index in [2.05, 4.69) is 52.0 Å². The number of carbonyl (C=O) groups excluding carboxylic acids is 1. The molecule has 2 fully saturated rings. The van der Waals surface area contributed by atoms with Gasteiger partial charge < -0.3 is 4.74 Å². The number of carbonyl (C=O) groups is 1. The van der Waals surface area contributed by atoms with Crippen LogP contribution < -0.4 is 0 Å². The molecule has 5 atom stereocenters. The predicted octanol–water partition coefficient (Wildman–Crippen LogP) is 4.97. The number of rotatable bonds is 4. The molecule has 1 aromatic carbocycles. The van der Waals surface area contributed by atoms with Crippen LogP contribution in [0.3, 0.4) is 0 Å². The van der Waals surface area contributed by atoms with E-state index in [1.165, 1.54) is 18.4 Å². The summed E-state index contributed by atoms with van der Waals surface area (Å²) in [5.74, 6) is 1.84. The minimum Gasteiger partial charge on any atom is -0.462 e. The number of hydrogen-bond acceptors (Lipinski definition) is 2. The van der Waals surface area contributed by atoms with Crippen molar-refractivity contribution in [2.45, 2.75) is 64.9 Å². The van der Waals surface area contributed by atoms with Crippen LogP contribution in [-0.2, 0) is 14.9 Å². The van der Waals surface area contributed by atoms with Crippen LogP contribution in [0.4, 0.5) is 0 Å². The Balaban J connectivity index is 1.65. The molecule has 1 aromatic rings. The first-order valence-electron chi connectivity index (χ1n) is 9.18. The van der Waals surface area contributed by atoms with Crippen molar-refractivity contribution in [3.8, 4) is 0 Å². The Morgan fingerprint density at radius 3 is 2.57 bits per heavy atom. The van der Waals surface area contributed by atoms with Crippen LogP contribution >= 0.6 is 0 Å². The molecular formula is C21H30O2. The Hall–Kier alpha value is -1.31. The fourth-order valence-electron chi connectivity index (χ4n) is 4.33. The van der Waals surface area contributed by atoms with Crippen molar-refractivity contribution in [2.24, 2.45) is 23.7 Å². The summed E-state index contributed by atoms with van der Waals surface area (Å²) >= 11 is 0. The maximum atomic E-state index is 12.7. The molecule has 2 aliphatic carbocycles. The fraction of sp³-hybridized carbons (Fsp3) is 0.667. The van der Waals surface area contributed by atoms with E-state index < -0.39 is 0 Å². The van der Waals surface area contributed by atoms with E-state index in [-0.39, 0.29) is 23.4 Å². The molecule has 0 radical (unpaired) electrons. The summed E-state index contributed by atoms with van der Waals surface area (Å²) < 4.78 is 6.04. The maximum absolute atomic E-state index is 12.7. The number of ether oxygens (including phenoxy) is 1. The van der Waals surface area contributed by atoms with E-state index >= 15 is 0 Å². The molecule has 2 aliphatic rings. The van der Waals surface area contributed by atoms with Gasteiger partial charge in [0.15, 0.2) is 0 Å². The van der Waals surface area contributed by atoms with E-state index in [9.17, 15) is 4.79 Å². The second kappa shape index (κ2) is 6.30. The molecule has 2 saturated carbocycles. The van der Waals surface area contributed by atoms with Crippen molar-refractivity contribution in [3.05, 3.63) is 35.9 Å². The van der Waals surface area contributed by atoms with Crippen molar-refractivity contribution in [2.75, 3.05) is 0 Å². The largest absolute Gasteiger partial charge is 0.462 e. The molecule has 126 valence electrons. The molecule has 23 heavy (non-hydrogen) atoms. The lowest BCUT2D eigenvalue weighted by Gasteiger charge is -2.36. The van der Waals surface area contributed by atoms with Gasteiger partial charge in [-0.25, -0.2) is 0 Å². The van der Waals surface area contributed by atoms with Gasteiger partial charge in [0, 0.05) is 5.41 Å². The van der Waals surface area contributed by atoms with Gasteiger partial charge in [0.1, 0.15) is 6.10 Å². The van der Waals surface area contributed by atoms with E-state index in [1.807, 2.05) is 6.07 Å². The number of benzene rings is 1. The van der Waals surface area contributed by atoms with Gasteiger partial charge in [0.25, 0.3) is 0 Å². The Labute approximate surface area is 140 Å². The molecule has 0 N–H and O–H groups in total. The zero-order valence-electron chi connectivity index (χ0n) is 14.9. The minimum atomic E-state index is -0.0219. The van der Waals surface area contributed by atoms with Gasteiger partial charge in [0.05, 0.1) is 5.92 Å². The molecule has 2 nitrogen and oxygen atoms in total. The van der Waals surface area contributed by atoms with Gasteiger partial charge in [-0.15, -0.1) is 0 Å².